The van der Waals surface area contributed by atoms with Crippen LogP contribution < -0.4 is 10.5 Å². The Kier molecular flexibility index (Phi) is 3.74. The van der Waals surface area contributed by atoms with Crippen LogP contribution in [0, 0.1) is 11.9 Å². The van der Waals surface area contributed by atoms with Crippen molar-refractivity contribution in [2.45, 2.75) is 0 Å². The molecule has 1 aromatic heterocycles. The molecule has 0 aliphatic rings. The van der Waals surface area contributed by atoms with E-state index in [0.29, 0.717) is 28.3 Å². The van der Waals surface area contributed by atoms with Crippen LogP contribution in [0.2, 0.25) is 0 Å². The molecule has 22 heavy (non-hydrogen) atoms. The molecule has 4 heteroatoms. The van der Waals surface area contributed by atoms with E-state index in [-0.39, 0.29) is 5.82 Å². The molecule has 0 unspecified atom stereocenters. The predicted molar refractivity (Wildman–Crippen MR) is 84.9 cm³/mol. The number of methoxy groups -OCH3 is 1. The summed E-state index contributed by atoms with van der Waals surface area (Å²) in [7, 11) is 1.60. The van der Waals surface area contributed by atoms with Gasteiger partial charge in [-0.05, 0) is 30.3 Å². The Morgan fingerprint density at radius 2 is 2.05 bits per heavy atom. The fourth-order valence-corrected chi connectivity index (χ4v) is 2.34. The lowest BCUT2D eigenvalue weighted by Crippen LogP contribution is -1.98. The van der Waals surface area contributed by atoms with Gasteiger partial charge in [-0.2, -0.15) is 0 Å². The topological polar surface area (TPSA) is 48.1 Å². The number of halogens is 1. The summed E-state index contributed by atoms with van der Waals surface area (Å²) in [5, 5.41) is 0. The summed E-state index contributed by atoms with van der Waals surface area (Å²) in [4.78, 5) is 4.33. The lowest BCUT2D eigenvalue weighted by Gasteiger charge is -2.12. The van der Waals surface area contributed by atoms with E-state index in [1.54, 1.807) is 31.5 Å². The third-order valence-corrected chi connectivity index (χ3v) is 3.44. The van der Waals surface area contributed by atoms with Crippen LogP contribution in [0.3, 0.4) is 0 Å². The maximum absolute atomic E-state index is 14.0. The van der Waals surface area contributed by atoms with Crippen molar-refractivity contribution in [1.82, 2.24) is 4.98 Å². The minimum atomic E-state index is -0.364. The number of nitrogen functional groups attached to an aromatic ring is 1. The highest BCUT2D eigenvalue weighted by Gasteiger charge is 2.13. The van der Waals surface area contributed by atoms with Crippen LogP contribution in [-0.4, -0.2) is 12.1 Å². The summed E-state index contributed by atoms with van der Waals surface area (Å²) in [6.45, 7) is 0. The van der Waals surface area contributed by atoms with Crippen LogP contribution >= 0.6 is 0 Å². The van der Waals surface area contributed by atoms with Crippen LogP contribution in [0.25, 0.3) is 22.4 Å². The summed E-state index contributed by atoms with van der Waals surface area (Å²) < 4.78 is 19.2. The van der Waals surface area contributed by atoms with E-state index in [9.17, 15) is 4.39 Å². The molecule has 0 fully saturated rings. The smallest absolute Gasteiger partial charge is 0.131 e. The van der Waals surface area contributed by atoms with Crippen molar-refractivity contribution in [1.29, 1.82) is 0 Å². The van der Waals surface area contributed by atoms with Gasteiger partial charge in [-0.1, -0.05) is 24.3 Å². The number of rotatable bonds is 3. The average molecular weight is 293 g/mol. The van der Waals surface area contributed by atoms with Gasteiger partial charge >= 0.3 is 0 Å². The lowest BCUT2D eigenvalue weighted by atomic mass is 10.0. The molecular formula is C18H14FN2O. The normalized spacial score (nSPS) is 10.5. The van der Waals surface area contributed by atoms with E-state index in [4.69, 9.17) is 10.5 Å². The molecule has 109 valence electrons. The second kappa shape index (κ2) is 5.85. The Hall–Kier alpha value is -2.88. The molecule has 0 saturated heterocycles. The first-order valence-corrected chi connectivity index (χ1v) is 6.75. The number of aromatic nitrogens is 1. The van der Waals surface area contributed by atoms with Crippen molar-refractivity contribution in [3.05, 3.63) is 66.6 Å². The summed E-state index contributed by atoms with van der Waals surface area (Å²) in [5.74, 6) is 0.349. The van der Waals surface area contributed by atoms with E-state index >= 15 is 0 Å². The molecule has 3 nitrogen and oxygen atoms in total. The Bertz CT molecular complexity index is 818. The number of hydrogen-bond donors (Lipinski definition) is 1. The minimum absolute atomic E-state index is 0.364. The van der Waals surface area contributed by atoms with Gasteiger partial charge in [0.15, 0.2) is 0 Å². The van der Waals surface area contributed by atoms with Gasteiger partial charge < -0.3 is 10.5 Å². The molecule has 2 aromatic carbocycles. The van der Waals surface area contributed by atoms with Crippen LogP contribution in [0.1, 0.15) is 0 Å². The van der Waals surface area contributed by atoms with Gasteiger partial charge in [0.05, 0.1) is 18.5 Å². The molecule has 0 amide bonds. The monoisotopic (exact) mass is 293 g/mol. The van der Waals surface area contributed by atoms with Gasteiger partial charge in [0.2, 0.25) is 0 Å². The van der Waals surface area contributed by atoms with Crippen molar-refractivity contribution in [3.63, 3.8) is 0 Å². The molecule has 0 atom stereocenters. The first-order valence-electron chi connectivity index (χ1n) is 6.75. The maximum Gasteiger partial charge on any atom is 0.131 e. The SMILES string of the molecule is COc1cccc(-c2nccc(-c3cc[c]cc3F)c2N)c1. The first-order chi connectivity index (χ1) is 10.7. The highest BCUT2D eigenvalue weighted by Crippen LogP contribution is 2.34. The van der Waals surface area contributed by atoms with E-state index in [1.165, 1.54) is 6.07 Å². The molecule has 0 aliphatic heterocycles. The number of hydrogen-bond acceptors (Lipinski definition) is 3. The van der Waals surface area contributed by atoms with Crippen LogP contribution in [0.4, 0.5) is 10.1 Å². The second-order valence-electron chi connectivity index (χ2n) is 4.76. The summed E-state index contributed by atoms with van der Waals surface area (Å²) in [5.41, 5.74) is 9.12. The van der Waals surface area contributed by atoms with Crippen molar-refractivity contribution < 1.29 is 9.13 Å². The van der Waals surface area contributed by atoms with Gasteiger partial charge in [-0.25, -0.2) is 4.39 Å². The molecule has 3 aromatic rings. The van der Waals surface area contributed by atoms with Gasteiger partial charge in [-0.3, -0.25) is 4.98 Å². The number of nitrogens with zero attached hydrogens (tertiary/aromatic N) is 1. The van der Waals surface area contributed by atoms with E-state index in [2.05, 4.69) is 11.1 Å². The minimum Gasteiger partial charge on any atom is -0.497 e. The van der Waals surface area contributed by atoms with Crippen molar-refractivity contribution in [3.8, 4) is 28.1 Å². The molecule has 2 N–H and O–H groups in total. The van der Waals surface area contributed by atoms with Gasteiger partial charge in [0.1, 0.15) is 11.6 Å². The second-order valence-corrected chi connectivity index (χ2v) is 4.76. The van der Waals surface area contributed by atoms with Crippen molar-refractivity contribution in [2.75, 3.05) is 12.8 Å². The average Bonchev–Trinajstić information content (AvgIpc) is 2.56. The van der Waals surface area contributed by atoms with Crippen LogP contribution in [-0.2, 0) is 0 Å². The van der Waals surface area contributed by atoms with Gasteiger partial charge in [0.25, 0.3) is 0 Å². The zero-order chi connectivity index (χ0) is 15.5. The largest absolute Gasteiger partial charge is 0.497 e. The van der Waals surface area contributed by atoms with Crippen molar-refractivity contribution >= 4 is 5.69 Å². The summed E-state index contributed by atoms with van der Waals surface area (Å²) >= 11 is 0. The number of anilines is 1. The van der Waals surface area contributed by atoms with E-state index in [1.807, 2.05) is 24.3 Å². The van der Waals surface area contributed by atoms with E-state index < -0.39 is 0 Å². The highest BCUT2D eigenvalue weighted by atomic mass is 19.1. The third kappa shape index (κ3) is 2.51. The molecule has 1 heterocycles. The Balaban J connectivity index is 2.15. The summed E-state index contributed by atoms with van der Waals surface area (Å²) in [6, 6.07) is 16.4. The highest BCUT2D eigenvalue weighted by molar-refractivity contribution is 5.86. The standard InChI is InChI=1S/C18H14FN2O/c1-22-13-6-4-5-12(11-13)18-17(20)15(9-10-21-18)14-7-2-3-8-16(14)19/h2,4-11H,20H2,1H3. The molecule has 0 bridgehead atoms. The molecular weight excluding hydrogens is 279 g/mol. The number of pyridine rings is 1. The van der Waals surface area contributed by atoms with Crippen LogP contribution in [0.15, 0.2) is 54.7 Å². The molecule has 3 rings (SSSR count). The predicted octanol–water partition coefficient (Wildman–Crippen LogP) is 3.95. The molecule has 0 saturated carbocycles. The fraction of sp³-hybridized carbons (Fsp3) is 0.0556. The van der Waals surface area contributed by atoms with Crippen LogP contribution in [0.5, 0.6) is 5.75 Å². The molecule has 1 radical (unpaired) electrons. The Morgan fingerprint density at radius 1 is 1.18 bits per heavy atom. The first kappa shape index (κ1) is 14.1. The Morgan fingerprint density at radius 3 is 2.82 bits per heavy atom. The third-order valence-electron chi connectivity index (χ3n) is 3.44. The van der Waals surface area contributed by atoms with Gasteiger partial charge in [0, 0.05) is 22.9 Å². The fourth-order valence-electron chi connectivity index (χ4n) is 2.34. The molecule has 0 spiro atoms. The zero-order valence-corrected chi connectivity index (χ0v) is 12.0. The quantitative estimate of drug-likeness (QED) is 0.795. The number of ether oxygens (including phenoxy) is 1. The number of benzene rings is 2. The lowest BCUT2D eigenvalue weighted by molar-refractivity contribution is 0.415. The van der Waals surface area contributed by atoms with Crippen molar-refractivity contribution in [2.24, 2.45) is 0 Å². The van der Waals surface area contributed by atoms with Gasteiger partial charge in [-0.15, -0.1) is 0 Å². The maximum atomic E-state index is 14.0. The van der Waals surface area contributed by atoms with E-state index in [0.717, 1.165) is 5.56 Å². The molecule has 0 aliphatic carbocycles. The summed E-state index contributed by atoms with van der Waals surface area (Å²) in [6.07, 6.45) is 1.62. The Labute approximate surface area is 128 Å². The number of nitrogens with two attached hydrogens (primary N) is 1. The zero-order valence-electron chi connectivity index (χ0n) is 12.0.